The molecule has 0 fully saturated rings. The van der Waals surface area contributed by atoms with Crippen molar-refractivity contribution in [3.63, 3.8) is 0 Å². The number of hydrogen-bond donors (Lipinski definition) is 1. The van der Waals surface area contributed by atoms with Crippen molar-refractivity contribution in [3.05, 3.63) is 42.1 Å². The zero-order valence-corrected chi connectivity index (χ0v) is 11.4. The summed E-state index contributed by atoms with van der Waals surface area (Å²) in [7, 11) is 0. The predicted octanol–water partition coefficient (Wildman–Crippen LogP) is 2.35. The van der Waals surface area contributed by atoms with Crippen LogP contribution >= 0.6 is 0 Å². The van der Waals surface area contributed by atoms with E-state index in [1.54, 1.807) is 23.0 Å². The molecule has 0 radical (unpaired) electrons. The summed E-state index contributed by atoms with van der Waals surface area (Å²) >= 11 is 0. The average Bonchev–Trinajstić information content (AvgIpc) is 2.85. The van der Waals surface area contributed by atoms with Crippen molar-refractivity contribution in [3.8, 4) is 0 Å². The minimum atomic E-state index is -0.151. The monoisotopic (exact) mass is 258 g/mol. The van der Waals surface area contributed by atoms with E-state index in [0.29, 0.717) is 17.9 Å². The van der Waals surface area contributed by atoms with E-state index in [2.05, 4.69) is 15.3 Å². The highest BCUT2D eigenvalue weighted by atomic mass is 16.2. The first-order valence-corrected chi connectivity index (χ1v) is 6.42. The lowest BCUT2D eigenvalue weighted by Crippen LogP contribution is -2.17. The lowest BCUT2D eigenvalue weighted by Gasteiger charge is -2.10. The molecule has 0 unspecified atom stereocenters. The molecule has 100 valence electrons. The van der Waals surface area contributed by atoms with Gasteiger partial charge in [-0.25, -0.2) is 9.97 Å². The Bertz CT molecular complexity index is 574. The smallest absolute Gasteiger partial charge is 0.282 e. The zero-order chi connectivity index (χ0) is 13.8. The molecule has 1 N–H and O–H groups in total. The number of nitrogens with one attached hydrogen (secondary N) is 1. The Morgan fingerprint density at radius 1 is 1.42 bits per heavy atom. The van der Waals surface area contributed by atoms with Gasteiger partial charge in [-0.2, -0.15) is 0 Å². The predicted molar refractivity (Wildman–Crippen MR) is 74.3 cm³/mol. The number of carbonyl (C=O) groups is 1. The van der Waals surface area contributed by atoms with Crippen LogP contribution in [0.2, 0.25) is 0 Å². The second-order valence-corrected chi connectivity index (χ2v) is 4.58. The van der Waals surface area contributed by atoms with E-state index in [0.717, 1.165) is 5.82 Å². The third-order valence-corrected chi connectivity index (χ3v) is 2.66. The number of imidazole rings is 1. The molecule has 2 aromatic heterocycles. The van der Waals surface area contributed by atoms with E-state index >= 15 is 0 Å². The van der Waals surface area contributed by atoms with E-state index in [9.17, 15) is 4.79 Å². The molecule has 0 atom stereocenters. The highest BCUT2D eigenvalue weighted by Gasteiger charge is 2.13. The lowest BCUT2D eigenvalue weighted by atomic mass is 10.3. The number of hydrogen-bond acceptors (Lipinski definition) is 4. The van der Waals surface area contributed by atoms with Crippen molar-refractivity contribution in [1.29, 1.82) is 0 Å². The number of rotatable bonds is 4. The van der Waals surface area contributed by atoms with E-state index in [-0.39, 0.29) is 11.9 Å². The first kappa shape index (κ1) is 13.3. The van der Waals surface area contributed by atoms with Crippen molar-refractivity contribution < 1.29 is 4.79 Å². The van der Waals surface area contributed by atoms with Crippen LogP contribution in [0.15, 0.2) is 30.6 Å². The van der Waals surface area contributed by atoms with Gasteiger partial charge in [0.25, 0.3) is 5.91 Å². The molecule has 2 heterocycles. The summed E-state index contributed by atoms with van der Waals surface area (Å²) in [4.78, 5) is 20.8. The van der Waals surface area contributed by atoms with Crippen molar-refractivity contribution in [2.45, 2.75) is 33.2 Å². The van der Waals surface area contributed by atoms with Gasteiger partial charge in [-0.05, 0) is 26.0 Å². The Balaban J connectivity index is 2.29. The van der Waals surface area contributed by atoms with Crippen molar-refractivity contribution in [1.82, 2.24) is 14.5 Å². The summed E-state index contributed by atoms with van der Waals surface area (Å²) in [6.45, 7) is 6.03. The van der Waals surface area contributed by atoms with E-state index in [1.807, 2.05) is 32.9 Å². The number of aryl methyl sites for hydroxylation is 1. The zero-order valence-electron chi connectivity index (χ0n) is 11.4. The first-order chi connectivity index (χ1) is 9.11. The molecule has 0 aromatic carbocycles. The second-order valence-electron chi connectivity index (χ2n) is 4.58. The molecule has 2 rings (SSSR count). The van der Waals surface area contributed by atoms with Crippen LogP contribution < -0.4 is 5.32 Å². The van der Waals surface area contributed by atoms with Crippen LogP contribution in [0, 0.1) is 0 Å². The van der Waals surface area contributed by atoms with Gasteiger partial charge in [0.05, 0.1) is 0 Å². The summed E-state index contributed by atoms with van der Waals surface area (Å²) in [6, 6.07) is 5.67. The minimum absolute atomic E-state index is 0.151. The number of carbonyl (C=O) groups excluding carboxylic acids is 1. The average molecular weight is 258 g/mol. The minimum Gasteiger partial charge on any atom is -0.368 e. The van der Waals surface area contributed by atoms with Gasteiger partial charge in [0.2, 0.25) is 0 Å². The molecule has 0 bridgehead atoms. The molecule has 0 saturated carbocycles. The van der Waals surface area contributed by atoms with Gasteiger partial charge < -0.3 is 5.32 Å². The molecule has 2 aromatic rings. The van der Waals surface area contributed by atoms with Gasteiger partial charge in [-0.3, -0.25) is 9.36 Å². The molecule has 19 heavy (non-hydrogen) atoms. The Morgan fingerprint density at radius 3 is 2.89 bits per heavy atom. The summed E-state index contributed by atoms with van der Waals surface area (Å²) in [6.07, 6.45) is 4.01. The fourth-order valence-corrected chi connectivity index (χ4v) is 1.83. The van der Waals surface area contributed by atoms with Gasteiger partial charge in [0, 0.05) is 24.9 Å². The SMILES string of the molecule is CCc1nccn1C(=O)c1cccc(NC(C)C)n1. The van der Waals surface area contributed by atoms with Gasteiger partial charge in [0.15, 0.2) is 0 Å². The second kappa shape index (κ2) is 5.65. The number of aromatic nitrogens is 3. The molecule has 0 saturated heterocycles. The van der Waals surface area contributed by atoms with Crippen LogP contribution in [-0.4, -0.2) is 26.5 Å². The number of pyridine rings is 1. The summed E-state index contributed by atoms with van der Waals surface area (Å²) < 4.78 is 1.54. The summed E-state index contributed by atoms with van der Waals surface area (Å²) in [5.74, 6) is 1.30. The fraction of sp³-hybridized carbons (Fsp3) is 0.357. The highest BCUT2D eigenvalue weighted by Crippen LogP contribution is 2.09. The van der Waals surface area contributed by atoms with E-state index in [1.165, 1.54) is 0 Å². The standard InChI is InChI=1S/C14H18N4O/c1-4-13-15-8-9-18(13)14(19)11-6-5-7-12(17-11)16-10(2)3/h5-10H,4H2,1-3H3,(H,16,17). The molecule has 5 nitrogen and oxygen atoms in total. The van der Waals surface area contributed by atoms with Crippen LogP contribution in [0.1, 0.15) is 37.1 Å². The highest BCUT2D eigenvalue weighted by molar-refractivity contribution is 5.94. The van der Waals surface area contributed by atoms with Crippen molar-refractivity contribution >= 4 is 11.7 Å². The van der Waals surface area contributed by atoms with Crippen LogP contribution in [0.5, 0.6) is 0 Å². The van der Waals surface area contributed by atoms with Crippen LogP contribution in [0.3, 0.4) is 0 Å². The Hall–Kier alpha value is -2.17. The number of nitrogens with zero attached hydrogens (tertiary/aromatic N) is 3. The Labute approximate surface area is 112 Å². The Kier molecular flexibility index (Phi) is 3.94. The van der Waals surface area contributed by atoms with E-state index in [4.69, 9.17) is 0 Å². The molecular formula is C14H18N4O. The van der Waals surface area contributed by atoms with Crippen LogP contribution in [0.25, 0.3) is 0 Å². The lowest BCUT2D eigenvalue weighted by molar-refractivity contribution is 0.0952. The van der Waals surface area contributed by atoms with Gasteiger partial charge >= 0.3 is 0 Å². The third-order valence-electron chi connectivity index (χ3n) is 2.66. The molecule has 5 heteroatoms. The topological polar surface area (TPSA) is 59.8 Å². The maximum absolute atomic E-state index is 12.4. The van der Waals surface area contributed by atoms with Crippen molar-refractivity contribution in [2.75, 3.05) is 5.32 Å². The molecule has 0 aliphatic heterocycles. The molecule has 0 spiro atoms. The van der Waals surface area contributed by atoms with Crippen LogP contribution in [-0.2, 0) is 6.42 Å². The first-order valence-electron chi connectivity index (χ1n) is 6.42. The molecule has 0 amide bonds. The quantitative estimate of drug-likeness (QED) is 0.914. The van der Waals surface area contributed by atoms with Crippen molar-refractivity contribution in [2.24, 2.45) is 0 Å². The molecule has 0 aliphatic carbocycles. The largest absolute Gasteiger partial charge is 0.368 e. The van der Waals surface area contributed by atoms with Gasteiger partial charge in [-0.1, -0.05) is 13.0 Å². The number of anilines is 1. The third kappa shape index (κ3) is 2.99. The maximum atomic E-state index is 12.4. The van der Waals surface area contributed by atoms with Crippen LogP contribution in [0.4, 0.5) is 5.82 Å². The molecular weight excluding hydrogens is 240 g/mol. The fourth-order valence-electron chi connectivity index (χ4n) is 1.83. The van der Waals surface area contributed by atoms with Gasteiger partial charge in [-0.15, -0.1) is 0 Å². The summed E-state index contributed by atoms with van der Waals surface area (Å²) in [5, 5.41) is 3.19. The maximum Gasteiger partial charge on any atom is 0.282 e. The normalized spacial score (nSPS) is 10.7. The Morgan fingerprint density at radius 2 is 2.21 bits per heavy atom. The summed E-state index contributed by atoms with van der Waals surface area (Å²) in [5.41, 5.74) is 0.415. The van der Waals surface area contributed by atoms with Gasteiger partial charge in [0.1, 0.15) is 17.3 Å². The van der Waals surface area contributed by atoms with E-state index < -0.39 is 0 Å². The molecule has 0 aliphatic rings.